The standard InChI is InChI=1S/C7H12BrN3/c1-5(9)6(2)11-4-7(8)3-10-11/h3-6H,9H2,1-2H3. The smallest absolute Gasteiger partial charge is 0.0639 e. The summed E-state index contributed by atoms with van der Waals surface area (Å²) >= 11 is 3.33. The zero-order chi connectivity index (χ0) is 8.43. The number of hydrogen-bond acceptors (Lipinski definition) is 2. The molecule has 0 aliphatic heterocycles. The van der Waals surface area contributed by atoms with Crippen molar-refractivity contribution >= 4 is 15.9 Å². The molecule has 2 N–H and O–H groups in total. The quantitative estimate of drug-likeness (QED) is 0.818. The van der Waals surface area contributed by atoms with Crippen LogP contribution in [-0.2, 0) is 0 Å². The van der Waals surface area contributed by atoms with Crippen LogP contribution in [0, 0.1) is 0 Å². The van der Waals surface area contributed by atoms with Gasteiger partial charge in [-0.05, 0) is 29.8 Å². The van der Waals surface area contributed by atoms with Crippen LogP contribution in [0.5, 0.6) is 0 Å². The van der Waals surface area contributed by atoms with Crippen molar-refractivity contribution in [3.05, 3.63) is 16.9 Å². The molecule has 11 heavy (non-hydrogen) atoms. The molecule has 0 radical (unpaired) electrons. The molecular weight excluding hydrogens is 206 g/mol. The number of halogens is 1. The summed E-state index contributed by atoms with van der Waals surface area (Å²) in [5.74, 6) is 0. The summed E-state index contributed by atoms with van der Waals surface area (Å²) in [5.41, 5.74) is 5.70. The summed E-state index contributed by atoms with van der Waals surface area (Å²) in [5, 5.41) is 4.13. The second-order valence-corrected chi connectivity index (χ2v) is 3.65. The van der Waals surface area contributed by atoms with Crippen LogP contribution in [0.25, 0.3) is 0 Å². The van der Waals surface area contributed by atoms with E-state index in [2.05, 4.69) is 21.0 Å². The molecule has 1 aromatic rings. The van der Waals surface area contributed by atoms with Gasteiger partial charge in [0.25, 0.3) is 0 Å². The molecule has 1 rings (SSSR count). The zero-order valence-corrected chi connectivity index (χ0v) is 8.25. The van der Waals surface area contributed by atoms with Crippen molar-refractivity contribution in [3.8, 4) is 0 Å². The SMILES string of the molecule is CC(N)C(C)n1cc(Br)cn1. The first-order valence-electron chi connectivity index (χ1n) is 3.56. The highest BCUT2D eigenvalue weighted by molar-refractivity contribution is 9.10. The fourth-order valence-corrected chi connectivity index (χ4v) is 1.08. The van der Waals surface area contributed by atoms with Crippen molar-refractivity contribution in [2.45, 2.75) is 25.9 Å². The minimum absolute atomic E-state index is 0.127. The molecule has 0 bridgehead atoms. The van der Waals surface area contributed by atoms with E-state index >= 15 is 0 Å². The zero-order valence-electron chi connectivity index (χ0n) is 6.66. The van der Waals surface area contributed by atoms with Gasteiger partial charge in [-0.1, -0.05) is 0 Å². The van der Waals surface area contributed by atoms with Crippen LogP contribution < -0.4 is 5.73 Å². The van der Waals surface area contributed by atoms with Crippen molar-refractivity contribution < 1.29 is 0 Å². The molecule has 1 aromatic heterocycles. The molecule has 1 heterocycles. The predicted molar refractivity (Wildman–Crippen MR) is 48.3 cm³/mol. The van der Waals surface area contributed by atoms with E-state index in [-0.39, 0.29) is 12.1 Å². The molecule has 2 unspecified atom stereocenters. The Hall–Kier alpha value is -0.350. The van der Waals surface area contributed by atoms with Gasteiger partial charge in [-0.2, -0.15) is 5.10 Å². The minimum Gasteiger partial charge on any atom is -0.326 e. The lowest BCUT2D eigenvalue weighted by Crippen LogP contribution is -2.27. The molecule has 0 fully saturated rings. The second kappa shape index (κ2) is 3.36. The molecule has 0 saturated carbocycles. The third-order valence-electron chi connectivity index (χ3n) is 1.75. The molecular formula is C7H12BrN3. The third kappa shape index (κ3) is 2.04. The van der Waals surface area contributed by atoms with E-state index in [1.165, 1.54) is 0 Å². The Morgan fingerprint density at radius 3 is 2.64 bits per heavy atom. The predicted octanol–water partition coefficient (Wildman–Crippen LogP) is 1.55. The van der Waals surface area contributed by atoms with Gasteiger partial charge < -0.3 is 5.73 Å². The van der Waals surface area contributed by atoms with Gasteiger partial charge in [0, 0.05) is 12.2 Å². The Morgan fingerprint density at radius 2 is 2.27 bits per heavy atom. The van der Waals surface area contributed by atoms with Gasteiger partial charge in [0.15, 0.2) is 0 Å². The Bertz CT molecular complexity index is 231. The van der Waals surface area contributed by atoms with E-state index < -0.39 is 0 Å². The first-order valence-corrected chi connectivity index (χ1v) is 4.36. The molecule has 0 spiro atoms. The van der Waals surface area contributed by atoms with Gasteiger partial charge in [0.2, 0.25) is 0 Å². The van der Waals surface area contributed by atoms with Crippen LogP contribution in [0.15, 0.2) is 16.9 Å². The fraction of sp³-hybridized carbons (Fsp3) is 0.571. The van der Waals surface area contributed by atoms with Gasteiger partial charge in [-0.15, -0.1) is 0 Å². The van der Waals surface area contributed by atoms with Gasteiger partial charge in [0.05, 0.1) is 16.7 Å². The van der Waals surface area contributed by atoms with Crippen molar-refractivity contribution in [2.75, 3.05) is 0 Å². The summed E-state index contributed by atoms with van der Waals surface area (Å²) in [6.45, 7) is 4.02. The number of aromatic nitrogens is 2. The summed E-state index contributed by atoms with van der Waals surface area (Å²) in [6.07, 6.45) is 3.69. The Morgan fingerprint density at radius 1 is 1.64 bits per heavy atom. The molecule has 2 atom stereocenters. The molecule has 3 nitrogen and oxygen atoms in total. The highest BCUT2D eigenvalue weighted by atomic mass is 79.9. The number of nitrogens with two attached hydrogens (primary N) is 1. The maximum Gasteiger partial charge on any atom is 0.0639 e. The lowest BCUT2D eigenvalue weighted by molar-refractivity contribution is 0.425. The van der Waals surface area contributed by atoms with E-state index in [1.54, 1.807) is 6.20 Å². The summed E-state index contributed by atoms with van der Waals surface area (Å²) in [6, 6.07) is 0.378. The Balaban J connectivity index is 2.76. The lowest BCUT2D eigenvalue weighted by atomic mass is 10.2. The first-order chi connectivity index (χ1) is 5.11. The summed E-state index contributed by atoms with van der Waals surface area (Å²) < 4.78 is 2.85. The largest absolute Gasteiger partial charge is 0.326 e. The molecule has 0 aliphatic rings. The van der Waals surface area contributed by atoms with E-state index in [0.29, 0.717) is 0 Å². The number of nitrogens with zero attached hydrogens (tertiary/aromatic N) is 2. The van der Waals surface area contributed by atoms with Crippen molar-refractivity contribution in [1.82, 2.24) is 9.78 Å². The minimum atomic E-state index is 0.127. The molecule has 0 aromatic carbocycles. The average Bonchev–Trinajstić information content (AvgIpc) is 2.34. The van der Waals surface area contributed by atoms with Crippen molar-refractivity contribution in [2.24, 2.45) is 5.73 Å². The normalized spacial score (nSPS) is 16.4. The molecule has 0 aliphatic carbocycles. The molecule has 0 amide bonds. The van der Waals surface area contributed by atoms with Crippen molar-refractivity contribution in [1.29, 1.82) is 0 Å². The topological polar surface area (TPSA) is 43.8 Å². The molecule has 62 valence electrons. The maximum atomic E-state index is 5.70. The maximum absolute atomic E-state index is 5.70. The summed E-state index contributed by atoms with van der Waals surface area (Å²) in [4.78, 5) is 0. The van der Waals surface area contributed by atoms with Crippen molar-refractivity contribution in [3.63, 3.8) is 0 Å². The number of hydrogen-bond donors (Lipinski definition) is 1. The second-order valence-electron chi connectivity index (χ2n) is 2.74. The van der Waals surface area contributed by atoms with E-state index in [0.717, 1.165) is 4.47 Å². The van der Waals surface area contributed by atoms with Crippen LogP contribution in [0.1, 0.15) is 19.9 Å². The number of rotatable bonds is 2. The van der Waals surface area contributed by atoms with Gasteiger partial charge >= 0.3 is 0 Å². The Kier molecular flexibility index (Phi) is 2.67. The molecule has 0 saturated heterocycles. The van der Waals surface area contributed by atoms with Crippen LogP contribution in [0.4, 0.5) is 0 Å². The first kappa shape index (κ1) is 8.74. The van der Waals surface area contributed by atoms with E-state index in [9.17, 15) is 0 Å². The molecule has 4 heteroatoms. The highest BCUT2D eigenvalue weighted by Crippen LogP contribution is 2.12. The van der Waals surface area contributed by atoms with E-state index in [1.807, 2.05) is 24.7 Å². The monoisotopic (exact) mass is 217 g/mol. The van der Waals surface area contributed by atoms with Gasteiger partial charge in [-0.3, -0.25) is 4.68 Å². The van der Waals surface area contributed by atoms with Gasteiger partial charge in [-0.25, -0.2) is 0 Å². The average molecular weight is 218 g/mol. The lowest BCUT2D eigenvalue weighted by Gasteiger charge is -2.15. The van der Waals surface area contributed by atoms with Crippen LogP contribution in [-0.4, -0.2) is 15.8 Å². The van der Waals surface area contributed by atoms with Crippen LogP contribution in [0.2, 0.25) is 0 Å². The van der Waals surface area contributed by atoms with Gasteiger partial charge in [0.1, 0.15) is 0 Å². The van der Waals surface area contributed by atoms with Crippen LogP contribution >= 0.6 is 15.9 Å². The Labute approximate surface area is 74.7 Å². The van der Waals surface area contributed by atoms with Crippen LogP contribution in [0.3, 0.4) is 0 Å². The van der Waals surface area contributed by atoms with E-state index in [4.69, 9.17) is 5.73 Å². The fourth-order valence-electron chi connectivity index (χ4n) is 0.778. The third-order valence-corrected chi connectivity index (χ3v) is 2.16. The highest BCUT2D eigenvalue weighted by Gasteiger charge is 2.09. The summed E-state index contributed by atoms with van der Waals surface area (Å²) in [7, 11) is 0.